The molecule has 0 aromatic carbocycles. The zero-order chi connectivity index (χ0) is 15.9. The van der Waals surface area contributed by atoms with Crippen molar-refractivity contribution in [3.05, 3.63) is 12.4 Å². The molecular weight excluding hydrogens is 290 g/mol. The van der Waals surface area contributed by atoms with Gasteiger partial charge in [0.05, 0.1) is 6.61 Å². The van der Waals surface area contributed by atoms with Crippen LogP contribution in [-0.4, -0.2) is 58.8 Å². The van der Waals surface area contributed by atoms with Crippen molar-refractivity contribution in [2.24, 2.45) is 5.92 Å². The van der Waals surface area contributed by atoms with Gasteiger partial charge in [0.2, 0.25) is 0 Å². The summed E-state index contributed by atoms with van der Waals surface area (Å²) < 4.78 is 0. The van der Waals surface area contributed by atoms with Gasteiger partial charge in [-0.25, -0.2) is 9.97 Å². The maximum atomic E-state index is 8.84. The van der Waals surface area contributed by atoms with Crippen LogP contribution in [0.15, 0.2) is 12.4 Å². The average Bonchev–Trinajstić information content (AvgIpc) is 3.14. The summed E-state index contributed by atoms with van der Waals surface area (Å²) in [5, 5.41) is 15.4. The van der Waals surface area contributed by atoms with Crippen molar-refractivity contribution < 1.29 is 5.11 Å². The second-order valence-corrected chi connectivity index (χ2v) is 6.74. The van der Waals surface area contributed by atoms with E-state index in [9.17, 15) is 0 Å². The first-order valence-corrected chi connectivity index (χ1v) is 9.00. The number of piperidine rings is 1. The van der Waals surface area contributed by atoms with E-state index in [1.165, 1.54) is 51.6 Å². The van der Waals surface area contributed by atoms with Gasteiger partial charge < -0.3 is 20.6 Å². The summed E-state index contributed by atoms with van der Waals surface area (Å²) in [5.74, 6) is 2.35. The van der Waals surface area contributed by atoms with Crippen LogP contribution in [0.2, 0.25) is 0 Å². The molecule has 0 bridgehead atoms. The van der Waals surface area contributed by atoms with Gasteiger partial charge in [0.15, 0.2) is 0 Å². The Hall–Kier alpha value is -1.40. The molecule has 128 valence electrons. The van der Waals surface area contributed by atoms with Crippen molar-refractivity contribution in [1.29, 1.82) is 0 Å². The molecule has 1 saturated heterocycles. The molecule has 0 amide bonds. The molecule has 1 aliphatic carbocycles. The lowest BCUT2D eigenvalue weighted by Crippen LogP contribution is -2.41. The Labute approximate surface area is 138 Å². The van der Waals surface area contributed by atoms with E-state index >= 15 is 0 Å². The summed E-state index contributed by atoms with van der Waals surface area (Å²) >= 11 is 0. The molecule has 0 spiro atoms. The molecule has 2 heterocycles. The number of hydrogen-bond acceptors (Lipinski definition) is 6. The molecule has 2 fully saturated rings. The lowest BCUT2D eigenvalue weighted by atomic mass is 9.95. The highest BCUT2D eigenvalue weighted by molar-refractivity contribution is 5.46. The van der Waals surface area contributed by atoms with Gasteiger partial charge >= 0.3 is 0 Å². The fourth-order valence-electron chi connectivity index (χ4n) is 3.78. The summed E-state index contributed by atoms with van der Waals surface area (Å²) in [6.45, 7) is 4.10. The van der Waals surface area contributed by atoms with E-state index < -0.39 is 0 Å². The number of anilines is 2. The van der Waals surface area contributed by atoms with Crippen LogP contribution in [-0.2, 0) is 0 Å². The smallest absolute Gasteiger partial charge is 0.131 e. The van der Waals surface area contributed by atoms with Crippen LogP contribution in [0, 0.1) is 5.92 Å². The van der Waals surface area contributed by atoms with Crippen molar-refractivity contribution in [2.75, 3.05) is 43.4 Å². The second kappa shape index (κ2) is 8.45. The van der Waals surface area contributed by atoms with E-state index in [4.69, 9.17) is 5.11 Å². The van der Waals surface area contributed by atoms with E-state index in [1.807, 2.05) is 6.07 Å². The van der Waals surface area contributed by atoms with E-state index in [2.05, 4.69) is 25.5 Å². The third-order valence-electron chi connectivity index (χ3n) is 5.15. The van der Waals surface area contributed by atoms with E-state index in [0.29, 0.717) is 6.54 Å². The number of aliphatic hydroxyl groups excluding tert-OH is 1. The molecular formula is C17H29N5O. The van der Waals surface area contributed by atoms with Crippen LogP contribution in [0.1, 0.15) is 38.5 Å². The molecule has 2 aliphatic rings. The van der Waals surface area contributed by atoms with Gasteiger partial charge in [-0.2, -0.15) is 0 Å². The minimum atomic E-state index is 0.104. The molecule has 0 radical (unpaired) electrons. The predicted octanol–water partition coefficient (Wildman–Crippen LogP) is 1.95. The first-order valence-electron chi connectivity index (χ1n) is 9.00. The molecule has 1 aromatic heterocycles. The number of likely N-dealkylation sites (tertiary alicyclic amines) is 1. The summed E-state index contributed by atoms with van der Waals surface area (Å²) in [5.41, 5.74) is 0. The molecule has 1 aromatic rings. The molecule has 3 rings (SSSR count). The molecule has 0 atom stereocenters. The molecule has 6 nitrogen and oxygen atoms in total. The van der Waals surface area contributed by atoms with E-state index in [1.54, 1.807) is 6.33 Å². The Morgan fingerprint density at radius 1 is 1.04 bits per heavy atom. The average molecular weight is 319 g/mol. The van der Waals surface area contributed by atoms with Crippen LogP contribution >= 0.6 is 0 Å². The maximum absolute atomic E-state index is 8.84. The molecule has 3 N–H and O–H groups in total. The van der Waals surface area contributed by atoms with Crippen LogP contribution in [0.3, 0.4) is 0 Å². The maximum Gasteiger partial charge on any atom is 0.131 e. The largest absolute Gasteiger partial charge is 0.395 e. The molecule has 1 aliphatic heterocycles. The van der Waals surface area contributed by atoms with Gasteiger partial charge in [-0.1, -0.05) is 12.8 Å². The Bertz CT molecular complexity index is 470. The predicted molar refractivity (Wildman–Crippen MR) is 92.7 cm³/mol. The zero-order valence-corrected chi connectivity index (χ0v) is 13.9. The fraction of sp³-hybridized carbons (Fsp3) is 0.765. The highest BCUT2D eigenvalue weighted by atomic mass is 16.3. The third kappa shape index (κ3) is 4.78. The third-order valence-corrected chi connectivity index (χ3v) is 5.15. The van der Waals surface area contributed by atoms with E-state index in [-0.39, 0.29) is 6.61 Å². The van der Waals surface area contributed by atoms with Crippen molar-refractivity contribution in [2.45, 2.75) is 44.6 Å². The topological polar surface area (TPSA) is 73.3 Å². The standard InChI is InChI=1S/C17H29N5O/c23-10-7-18-16-11-17(21-13-20-16)19-12-14-5-8-22(9-6-14)15-3-1-2-4-15/h11,13-15,23H,1-10,12H2,(H2,18,19,20,21). The normalized spacial score (nSPS) is 20.7. The number of nitrogens with one attached hydrogen (secondary N) is 2. The van der Waals surface area contributed by atoms with Crippen molar-refractivity contribution in [3.63, 3.8) is 0 Å². The number of nitrogens with zero attached hydrogens (tertiary/aromatic N) is 3. The Kier molecular flexibility index (Phi) is 6.05. The second-order valence-electron chi connectivity index (χ2n) is 6.74. The van der Waals surface area contributed by atoms with Gasteiger partial charge in [-0.15, -0.1) is 0 Å². The molecule has 0 unspecified atom stereocenters. The summed E-state index contributed by atoms with van der Waals surface area (Å²) in [6, 6.07) is 2.77. The quantitative estimate of drug-likeness (QED) is 0.713. The Morgan fingerprint density at radius 2 is 1.74 bits per heavy atom. The SMILES string of the molecule is OCCNc1cc(NCC2CCN(C3CCCC3)CC2)ncn1. The van der Waals surface area contributed by atoms with Gasteiger partial charge in [-0.3, -0.25) is 0 Å². The zero-order valence-electron chi connectivity index (χ0n) is 13.9. The number of hydrogen-bond donors (Lipinski definition) is 3. The van der Waals surface area contributed by atoms with Crippen molar-refractivity contribution in [3.8, 4) is 0 Å². The highest BCUT2D eigenvalue weighted by Crippen LogP contribution is 2.27. The minimum absolute atomic E-state index is 0.104. The highest BCUT2D eigenvalue weighted by Gasteiger charge is 2.26. The first kappa shape index (κ1) is 16.5. The Balaban J connectivity index is 1.41. The molecule has 6 heteroatoms. The fourth-order valence-corrected chi connectivity index (χ4v) is 3.78. The number of aromatic nitrogens is 2. The van der Waals surface area contributed by atoms with Gasteiger partial charge in [0, 0.05) is 25.2 Å². The monoisotopic (exact) mass is 319 g/mol. The van der Waals surface area contributed by atoms with Gasteiger partial charge in [0.1, 0.15) is 18.0 Å². The van der Waals surface area contributed by atoms with E-state index in [0.717, 1.165) is 30.1 Å². The number of aliphatic hydroxyl groups is 1. The minimum Gasteiger partial charge on any atom is -0.395 e. The van der Waals surface area contributed by atoms with Gasteiger partial charge in [0.25, 0.3) is 0 Å². The molecule has 23 heavy (non-hydrogen) atoms. The lowest BCUT2D eigenvalue weighted by Gasteiger charge is -2.36. The Morgan fingerprint density at radius 3 is 2.43 bits per heavy atom. The lowest BCUT2D eigenvalue weighted by molar-refractivity contribution is 0.138. The number of rotatable bonds is 7. The first-order chi connectivity index (χ1) is 11.3. The summed E-state index contributed by atoms with van der Waals surface area (Å²) in [7, 11) is 0. The summed E-state index contributed by atoms with van der Waals surface area (Å²) in [6.07, 6.45) is 9.79. The van der Waals surface area contributed by atoms with Gasteiger partial charge in [-0.05, 0) is 44.7 Å². The van der Waals surface area contributed by atoms with Crippen molar-refractivity contribution in [1.82, 2.24) is 14.9 Å². The summed E-state index contributed by atoms with van der Waals surface area (Å²) in [4.78, 5) is 11.1. The van der Waals surface area contributed by atoms with Crippen LogP contribution < -0.4 is 10.6 Å². The van der Waals surface area contributed by atoms with Crippen LogP contribution in [0.5, 0.6) is 0 Å². The van der Waals surface area contributed by atoms with Crippen molar-refractivity contribution >= 4 is 11.6 Å². The van der Waals surface area contributed by atoms with Crippen LogP contribution in [0.4, 0.5) is 11.6 Å². The van der Waals surface area contributed by atoms with Crippen LogP contribution in [0.25, 0.3) is 0 Å². The molecule has 1 saturated carbocycles.